The maximum absolute atomic E-state index is 9.39. The van der Waals surface area contributed by atoms with Crippen molar-refractivity contribution in [2.45, 2.75) is 37.8 Å². The lowest BCUT2D eigenvalue weighted by Crippen LogP contribution is -2.48. The van der Waals surface area contributed by atoms with Crippen LogP contribution in [-0.2, 0) is 0 Å². The highest BCUT2D eigenvalue weighted by Gasteiger charge is 2.32. The lowest BCUT2D eigenvalue weighted by atomic mass is 9.87. The molecule has 2 heterocycles. The predicted octanol–water partition coefficient (Wildman–Crippen LogP) is 1.15. The van der Waals surface area contributed by atoms with Gasteiger partial charge in [0.05, 0.1) is 6.10 Å². The van der Waals surface area contributed by atoms with Crippen LogP contribution in [0.2, 0.25) is 0 Å². The van der Waals surface area contributed by atoms with E-state index in [0.29, 0.717) is 6.04 Å². The Bertz CT molecular complexity index is 413. The maximum Gasteiger partial charge on any atom is 0.225 e. The summed E-state index contributed by atoms with van der Waals surface area (Å²) in [6.45, 7) is 3.26. The minimum atomic E-state index is -0.0560. The normalized spacial score (nSPS) is 27.6. The van der Waals surface area contributed by atoms with E-state index in [-0.39, 0.29) is 6.10 Å². The summed E-state index contributed by atoms with van der Waals surface area (Å²) >= 11 is 0. The molecule has 1 saturated heterocycles. The molecule has 0 atom stereocenters. The largest absolute Gasteiger partial charge is 0.393 e. The van der Waals surface area contributed by atoms with Gasteiger partial charge in [-0.3, -0.25) is 0 Å². The Hall–Kier alpha value is -1.20. The average molecular weight is 276 g/mol. The summed E-state index contributed by atoms with van der Waals surface area (Å²) in [6, 6.07) is 2.46. The second kappa shape index (κ2) is 6.06. The number of rotatable bonds is 4. The van der Waals surface area contributed by atoms with Crippen molar-refractivity contribution in [3.05, 3.63) is 18.5 Å². The monoisotopic (exact) mass is 276 g/mol. The van der Waals surface area contributed by atoms with E-state index >= 15 is 0 Å². The first-order valence-corrected chi connectivity index (χ1v) is 7.62. The van der Waals surface area contributed by atoms with E-state index in [1.165, 1.54) is 12.8 Å². The second-order valence-corrected chi connectivity index (χ2v) is 6.20. The Morgan fingerprint density at radius 1 is 1.25 bits per heavy atom. The molecule has 0 radical (unpaired) electrons. The van der Waals surface area contributed by atoms with Gasteiger partial charge in [0.25, 0.3) is 0 Å². The summed E-state index contributed by atoms with van der Waals surface area (Å²) in [5, 5.41) is 9.39. The molecule has 0 unspecified atom stereocenters. The van der Waals surface area contributed by atoms with Crippen LogP contribution in [0, 0.1) is 5.92 Å². The Morgan fingerprint density at radius 2 is 1.90 bits per heavy atom. The summed E-state index contributed by atoms with van der Waals surface area (Å²) in [6.07, 6.45) is 7.88. The summed E-state index contributed by atoms with van der Waals surface area (Å²) in [4.78, 5) is 13.4. The molecule has 5 heteroatoms. The number of aliphatic hydroxyl groups is 1. The van der Waals surface area contributed by atoms with Crippen LogP contribution in [0.15, 0.2) is 18.5 Å². The molecule has 1 aromatic heterocycles. The van der Waals surface area contributed by atoms with Gasteiger partial charge in [-0.15, -0.1) is 0 Å². The van der Waals surface area contributed by atoms with Crippen LogP contribution in [-0.4, -0.2) is 58.8 Å². The maximum atomic E-state index is 9.39. The van der Waals surface area contributed by atoms with E-state index in [9.17, 15) is 5.11 Å². The lowest BCUT2D eigenvalue weighted by molar-refractivity contribution is 0.00563. The molecular formula is C15H24N4O. The Balaban J connectivity index is 1.44. The molecule has 0 amide bonds. The fourth-order valence-electron chi connectivity index (χ4n) is 3.25. The first-order valence-electron chi connectivity index (χ1n) is 7.62. The van der Waals surface area contributed by atoms with Gasteiger partial charge in [-0.05, 0) is 44.7 Å². The fourth-order valence-corrected chi connectivity index (χ4v) is 3.25. The molecule has 0 bridgehead atoms. The molecule has 1 aromatic rings. The third-order valence-corrected chi connectivity index (χ3v) is 4.71. The molecule has 0 aromatic carbocycles. The van der Waals surface area contributed by atoms with E-state index in [1.807, 2.05) is 18.5 Å². The van der Waals surface area contributed by atoms with E-state index in [1.54, 1.807) is 0 Å². The molecule has 1 aliphatic carbocycles. The average Bonchev–Trinajstić information content (AvgIpc) is 2.45. The SMILES string of the molecule is CN(CC1CCN(c2ncccn2)CC1)C1CC(O)C1. The first-order chi connectivity index (χ1) is 9.72. The lowest BCUT2D eigenvalue weighted by Gasteiger charge is -2.41. The molecule has 2 aliphatic rings. The number of hydrogen-bond donors (Lipinski definition) is 1. The van der Waals surface area contributed by atoms with E-state index in [4.69, 9.17) is 0 Å². The topological polar surface area (TPSA) is 52.5 Å². The highest BCUT2D eigenvalue weighted by molar-refractivity contribution is 5.28. The standard InChI is InChI=1S/C15H24N4O/c1-18(13-9-14(20)10-13)11-12-3-7-19(8-4-12)15-16-5-2-6-17-15/h2,5-6,12-14,20H,3-4,7-11H2,1H3. The first kappa shape index (κ1) is 13.8. The van der Waals surface area contributed by atoms with Crippen LogP contribution in [0.1, 0.15) is 25.7 Å². The summed E-state index contributed by atoms with van der Waals surface area (Å²) in [5.74, 6) is 1.62. The quantitative estimate of drug-likeness (QED) is 0.894. The van der Waals surface area contributed by atoms with Crippen molar-refractivity contribution in [1.29, 1.82) is 0 Å². The van der Waals surface area contributed by atoms with E-state index < -0.39 is 0 Å². The van der Waals surface area contributed by atoms with E-state index in [2.05, 4.69) is 26.8 Å². The molecule has 3 rings (SSSR count). The number of nitrogens with zero attached hydrogens (tertiary/aromatic N) is 4. The predicted molar refractivity (Wildman–Crippen MR) is 78.6 cm³/mol. The third kappa shape index (κ3) is 3.10. The Morgan fingerprint density at radius 3 is 2.50 bits per heavy atom. The van der Waals surface area contributed by atoms with Crippen LogP contribution >= 0.6 is 0 Å². The Kier molecular flexibility index (Phi) is 4.17. The van der Waals surface area contributed by atoms with Gasteiger partial charge in [0.15, 0.2) is 0 Å². The van der Waals surface area contributed by atoms with Crippen LogP contribution in [0.3, 0.4) is 0 Å². The van der Waals surface area contributed by atoms with Crippen LogP contribution < -0.4 is 4.90 Å². The number of aliphatic hydroxyl groups excluding tert-OH is 1. The minimum absolute atomic E-state index is 0.0560. The molecule has 2 fully saturated rings. The van der Waals surface area contributed by atoms with Crippen molar-refractivity contribution in [2.75, 3.05) is 31.6 Å². The van der Waals surface area contributed by atoms with Gasteiger partial charge in [-0.1, -0.05) is 0 Å². The molecule has 1 N–H and O–H groups in total. The summed E-state index contributed by atoms with van der Waals surface area (Å²) < 4.78 is 0. The number of aromatic nitrogens is 2. The number of piperidine rings is 1. The fraction of sp³-hybridized carbons (Fsp3) is 0.733. The van der Waals surface area contributed by atoms with Gasteiger partial charge in [-0.25, -0.2) is 9.97 Å². The highest BCUT2D eigenvalue weighted by Crippen LogP contribution is 2.27. The molecule has 1 saturated carbocycles. The molecular weight excluding hydrogens is 252 g/mol. The van der Waals surface area contributed by atoms with Gasteiger partial charge < -0.3 is 14.9 Å². The Labute approximate surface area is 120 Å². The zero-order chi connectivity index (χ0) is 13.9. The van der Waals surface area contributed by atoms with Crippen LogP contribution in [0.5, 0.6) is 0 Å². The van der Waals surface area contributed by atoms with Gasteiger partial charge in [0.2, 0.25) is 5.95 Å². The van der Waals surface area contributed by atoms with E-state index in [0.717, 1.165) is 44.3 Å². The van der Waals surface area contributed by atoms with Crippen LogP contribution in [0.4, 0.5) is 5.95 Å². The van der Waals surface area contributed by atoms with Gasteiger partial charge >= 0.3 is 0 Å². The van der Waals surface area contributed by atoms with Crippen molar-refractivity contribution in [3.8, 4) is 0 Å². The molecule has 110 valence electrons. The van der Waals surface area contributed by atoms with Crippen molar-refractivity contribution in [1.82, 2.24) is 14.9 Å². The molecule has 0 spiro atoms. The zero-order valence-electron chi connectivity index (χ0n) is 12.1. The second-order valence-electron chi connectivity index (χ2n) is 6.20. The molecule has 5 nitrogen and oxygen atoms in total. The van der Waals surface area contributed by atoms with Gasteiger partial charge in [0, 0.05) is 38.1 Å². The van der Waals surface area contributed by atoms with Crippen molar-refractivity contribution in [3.63, 3.8) is 0 Å². The third-order valence-electron chi connectivity index (χ3n) is 4.71. The highest BCUT2D eigenvalue weighted by atomic mass is 16.3. The van der Waals surface area contributed by atoms with Crippen molar-refractivity contribution < 1.29 is 5.11 Å². The number of anilines is 1. The summed E-state index contributed by atoms with van der Waals surface area (Å²) in [7, 11) is 2.20. The van der Waals surface area contributed by atoms with Crippen molar-refractivity contribution >= 4 is 5.95 Å². The van der Waals surface area contributed by atoms with Gasteiger partial charge in [-0.2, -0.15) is 0 Å². The minimum Gasteiger partial charge on any atom is -0.393 e. The molecule has 20 heavy (non-hydrogen) atoms. The zero-order valence-corrected chi connectivity index (χ0v) is 12.1. The van der Waals surface area contributed by atoms with Crippen molar-refractivity contribution in [2.24, 2.45) is 5.92 Å². The van der Waals surface area contributed by atoms with Gasteiger partial charge in [0.1, 0.15) is 0 Å². The smallest absolute Gasteiger partial charge is 0.225 e. The van der Waals surface area contributed by atoms with Crippen LogP contribution in [0.25, 0.3) is 0 Å². The molecule has 1 aliphatic heterocycles. The number of hydrogen-bond acceptors (Lipinski definition) is 5. The summed E-state index contributed by atoms with van der Waals surface area (Å²) in [5.41, 5.74) is 0.